The lowest BCUT2D eigenvalue weighted by Gasteiger charge is -2.35. The fourth-order valence-corrected chi connectivity index (χ4v) is 7.72. The molecule has 1 atom stereocenters. The first kappa shape index (κ1) is 29.3. The average Bonchev–Trinajstić information content (AvgIpc) is 3.67. The van der Waals surface area contributed by atoms with Gasteiger partial charge in [-0.3, -0.25) is 19.3 Å². The second kappa shape index (κ2) is 12.4. The number of aromatic nitrogens is 2. The van der Waals surface area contributed by atoms with E-state index in [9.17, 15) is 14.4 Å². The number of carbonyl (C=O) groups excluding carboxylic acids is 3. The third-order valence-corrected chi connectivity index (χ3v) is 10.3. The number of halogens is 1. The standard InChI is InChI=1S/C31H30ClN5O4S2/c1-20(38)34-13-15-35(16-14-34)26(39)18-36-27(40)19-43-30(25-4-3-17-42-25)28-29(21-5-7-22(32)8-6-21)33-37(31(28)36)23-9-11-24(41-2)12-10-23/h3-12,17,30H,13-16,18-19H2,1-2H3/t30-/m1/s1. The Hall–Kier alpha value is -3.80. The van der Waals surface area contributed by atoms with Gasteiger partial charge in [0.25, 0.3) is 0 Å². The maximum atomic E-state index is 13.9. The van der Waals surface area contributed by atoms with E-state index >= 15 is 0 Å². The number of thiophene rings is 1. The summed E-state index contributed by atoms with van der Waals surface area (Å²) in [4.78, 5) is 45.6. The second-order valence-electron chi connectivity index (χ2n) is 10.3. The lowest BCUT2D eigenvalue weighted by molar-refractivity contribution is -0.137. The number of rotatable bonds is 6. The van der Waals surface area contributed by atoms with Crippen LogP contribution in [0.3, 0.4) is 0 Å². The zero-order valence-electron chi connectivity index (χ0n) is 23.7. The van der Waals surface area contributed by atoms with E-state index in [1.165, 1.54) is 18.7 Å². The van der Waals surface area contributed by atoms with Crippen molar-refractivity contribution < 1.29 is 19.1 Å². The van der Waals surface area contributed by atoms with E-state index in [1.807, 2.05) is 60.0 Å². The Morgan fingerprint density at radius 2 is 1.70 bits per heavy atom. The monoisotopic (exact) mass is 635 g/mol. The fourth-order valence-electron chi connectivity index (χ4n) is 5.41. The molecule has 2 aliphatic heterocycles. The number of thioether (sulfide) groups is 1. The molecule has 43 heavy (non-hydrogen) atoms. The number of amides is 3. The Labute approximate surface area is 263 Å². The number of benzene rings is 2. The molecule has 0 bridgehead atoms. The van der Waals surface area contributed by atoms with Crippen molar-refractivity contribution in [3.05, 3.63) is 81.5 Å². The van der Waals surface area contributed by atoms with Gasteiger partial charge in [-0.05, 0) is 47.8 Å². The van der Waals surface area contributed by atoms with Gasteiger partial charge in [0, 0.05) is 54.1 Å². The summed E-state index contributed by atoms with van der Waals surface area (Å²) in [6.45, 7) is 3.20. The molecule has 12 heteroatoms. The van der Waals surface area contributed by atoms with Gasteiger partial charge in [0.1, 0.15) is 18.1 Å². The normalized spacial score (nSPS) is 17.0. The quantitative estimate of drug-likeness (QED) is 0.292. The number of piperazine rings is 1. The van der Waals surface area contributed by atoms with Crippen LogP contribution >= 0.6 is 34.7 Å². The van der Waals surface area contributed by atoms with Crippen LogP contribution in [0, 0.1) is 0 Å². The zero-order valence-corrected chi connectivity index (χ0v) is 26.1. The van der Waals surface area contributed by atoms with Crippen molar-refractivity contribution in [1.29, 1.82) is 0 Å². The second-order valence-corrected chi connectivity index (χ2v) is 12.8. The third kappa shape index (κ3) is 5.89. The van der Waals surface area contributed by atoms with E-state index in [2.05, 4.69) is 6.07 Å². The van der Waals surface area contributed by atoms with Gasteiger partial charge in [0.05, 0.1) is 29.5 Å². The highest BCUT2D eigenvalue weighted by Gasteiger charge is 2.39. The predicted octanol–water partition coefficient (Wildman–Crippen LogP) is 5.12. The SMILES string of the molecule is COc1ccc(-n2nc(-c3ccc(Cl)cc3)c3c2N(CC(=O)N2CCN(C(C)=O)CC2)C(=O)CS[C@@H]3c2cccs2)cc1. The largest absolute Gasteiger partial charge is 0.497 e. The van der Waals surface area contributed by atoms with Crippen molar-refractivity contribution >= 4 is 58.2 Å². The van der Waals surface area contributed by atoms with Gasteiger partial charge in [0.2, 0.25) is 17.7 Å². The molecule has 6 rings (SSSR count). The highest BCUT2D eigenvalue weighted by Crippen LogP contribution is 2.49. The smallest absolute Gasteiger partial charge is 0.242 e. The van der Waals surface area contributed by atoms with Crippen molar-refractivity contribution in [2.75, 3.05) is 50.5 Å². The van der Waals surface area contributed by atoms with Crippen LogP contribution in [-0.4, -0.2) is 82.9 Å². The molecule has 2 aromatic carbocycles. The number of carbonyl (C=O) groups is 3. The Balaban J connectivity index is 1.50. The molecule has 0 saturated carbocycles. The summed E-state index contributed by atoms with van der Waals surface area (Å²) in [6.07, 6.45) is 0. The van der Waals surface area contributed by atoms with Crippen molar-refractivity contribution in [1.82, 2.24) is 19.6 Å². The van der Waals surface area contributed by atoms with E-state index in [1.54, 1.807) is 37.8 Å². The Kier molecular flexibility index (Phi) is 8.47. The van der Waals surface area contributed by atoms with Gasteiger partial charge >= 0.3 is 0 Å². The summed E-state index contributed by atoms with van der Waals surface area (Å²) in [5, 5.41) is 7.57. The third-order valence-electron chi connectivity index (χ3n) is 7.70. The van der Waals surface area contributed by atoms with Crippen LogP contribution < -0.4 is 9.64 Å². The van der Waals surface area contributed by atoms with Gasteiger partial charge in [-0.1, -0.05) is 29.8 Å². The van der Waals surface area contributed by atoms with Gasteiger partial charge in [-0.15, -0.1) is 23.1 Å². The van der Waals surface area contributed by atoms with Crippen LogP contribution in [0.4, 0.5) is 5.82 Å². The molecule has 0 spiro atoms. The zero-order chi connectivity index (χ0) is 30.1. The van der Waals surface area contributed by atoms with E-state index in [-0.39, 0.29) is 35.3 Å². The molecule has 4 aromatic rings. The molecule has 0 aliphatic carbocycles. The molecule has 4 heterocycles. The van der Waals surface area contributed by atoms with E-state index in [4.69, 9.17) is 21.4 Å². The van der Waals surface area contributed by atoms with Gasteiger partial charge in [-0.2, -0.15) is 5.10 Å². The van der Waals surface area contributed by atoms with E-state index in [0.29, 0.717) is 42.8 Å². The van der Waals surface area contributed by atoms with Gasteiger partial charge in [0.15, 0.2) is 0 Å². The minimum absolute atomic E-state index is 0.00537. The first-order valence-electron chi connectivity index (χ1n) is 13.9. The maximum absolute atomic E-state index is 13.9. The van der Waals surface area contributed by atoms with Crippen molar-refractivity contribution in [3.8, 4) is 22.7 Å². The summed E-state index contributed by atoms with van der Waals surface area (Å²) in [5.74, 6) is 1.12. The Bertz CT molecular complexity index is 1630. The first-order chi connectivity index (χ1) is 20.8. The molecule has 2 aliphatic rings. The minimum atomic E-state index is -0.184. The van der Waals surface area contributed by atoms with Crippen LogP contribution in [0.5, 0.6) is 5.75 Å². The Morgan fingerprint density at radius 1 is 1.00 bits per heavy atom. The van der Waals surface area contributed by atoms with Crippen LogP contribution in [-0.2, 0) is 14.4 Å². The number of hydrogen-bond acceptors (Lipinski definition) is 7. The molecule has 0 N–H and O–H groups in total. The summed E-state index contributed by atoms with van der Waals surface area (Å²) in [5.41, 5.74) is 3.17. The molecule has 0 radical (unpaired) electrons. The molecule has 1 saturated heterocycles. The number of hydrogen-bond donors (Lipinski definition) is 0. The van der Waals surface area contributed by atoms with E-state index < -0.39 is 0 Å². The number of fused-ring (bicyclic) bond motifs is 1. The van der Waals surface area contributed by atoms with Gasteiger partial charge < -0.3 is 14.5 Å². The minimum Gasteiger partial charge on any atom is -0.497 e. The molecule has 2 aromatic heterocycles. The number of nitrogens with zero attached hydrogens (tertiary/aromatic N) is 5. The van der Waals surface area contributed by atoms with Crippen LogP contribution in [0.15, 0.2) is 66.0 Å². The number of anilines is 1. The van der Waals surface area contributed by atoms with Crippen molar-refractivity contribution in [2.45, 2.75) is 12.2 Å². The maximum Gasteiger partial charge on any atom is 0.242 e. The molecular weight excluding hydrogens is 606 g/mol. The van der Waals surface area contributed by atoms with E-state index in [0.717, 1.165) is 27.4 Å². The fraction of sp³-hybridized carbons (Fsp3) is 0.290. The summed E-state index contributed by atoms with van der Waals surface area (Å²) in [7, 11) is 1.61. The lowest BCUT2D eigenvalue weighted by atomic mass is 10.0. The molecule has 1 fully saturated rings. The predicted molar refractivity (Wildman–Crippen MR) is 170 cm³/mol. The average molecular weight is 636 g/mol. The highest BCUT2D eigenvalue weighted by molar-refractivity contribution is 8.00. The topological polar surface area (TPSA) is 88.0 Å². The van der Waals surface area contributed by atoms with Crippen molar-refractivity contribution in [3.63, 3.8) is 0 Å². The molecular formula is C31H30ClN5O4S2. The molecule has 9 nitrogen and oxygen atoms in total. The lowest BCUT2D eigenvalue weighted by Crippen LogP contribution is -2.53. The Morgan fingerprint density at radius 3 is 2.33 bits per heavy atom. The first-order valence-corrected chi connectivity index (χ1v) is 16.2. The van der Waals surface area contributed by atoms with Crippen LogP contribution in [0.25, 0.3) is 16.9 Å². The number of ether oxygens (including phenoxy) is 1. The summed E-state index contributed by atoms with van der Waals surface area (Å²) >= 11 is 9.42. The molecule has 0 unspecified atom stereocenters. The molecule has 3 amide bonds. The van der Waals surface area contributed by atoms with Crippen LogP contribution in [0.2, 0.25) is 5.02 Å². The number of methoxy groups -OCH3 is 1. The van der Waals surface area contributed by atoms with Crippen LogP contribution in [0.1, 0.15) is 22.6 Å². The van der Waals surface area contributed by atoms with Gasteiger partial charge in [-0.25, -0.2) is 4.68 Å². The molecule has 222 valence electrons. The van der Waals surface area contributed by atoms with Crippen molar-refractivity contribution in [2.24, 2.45) is 0 Å². The highest BCUT2D eigenvalue weighted by atomic mass is 35.5. The summed E-state index contributed by atoms with van der Waals surface area (Å²) < 4.78 is 7.15. The summed E-state index contributed by atoms with van der Waals surface area (Å²) in [6, 6.07) is 19.1.